The molecule has 0 N–H and O–H groups in total. The Morgan fingerprint density at radius 2 is 1.81 bits per heavy atom. The maximum Gasteiger partial charge on any atom is 0.168 e. The van der Waals surface area contributed by atoms with Crippen LogP contribution in [-0.4, -0.2) is 5.78 Å². The van der Waals surface area contributed by atoms with Crippen LogP contribution in [0, 0.1) is 11.2 Å². The molecule has 0 atom stereocenters. The second kappa shape index (κ2) is 4.36. The molecule has 1 saturated carbocycles. The lowest BCUT2D eigenvalue weighted by molar-refractivity contribution is 0.0791. The van der Waals surface area contributed by atoms with Crippen LogP contribution in [0.3, 0.4) is 0 Å². The summed E-state index contributed by atoms with van der Waals surface area (Å²) in [5, 5.41) is 0. The van der Waals surface area contributed by atoms with Gasteiger partial charge in [-0.1, -0.05) is 19.8 Å². The first-order valence-corrected chi connectivity index (χ1v) is 5.98. The van der Waals surface area contributed by atoms with Crippen LogP contribution in [0.25, 0.3) is 0 Å². The van der Waals surface area contributed by atoms with Crippen LogP contribution in [0.4, 0.5) is 4.39 Å². The first-order valence-electron chi connectivity index (χ1n) is 5.98. The Morgan fingerprint density at radius 3 is 2.31 bits per heavy atom. The topological polar surface area (TPSA) is 17.1 Å². The van der Waals surface area contributed by atoms with Crippen molar-refractivity contribution in [3.63, 3.8) is 0 Å². The third-order valence-corrected chi connectivity index (χ3v) is 3.83. The van der Waals surface area contributed by atoms with Crippen LogP contribution in [0.1, 0.15) is 49.4 Å². The zero-order valence-corrected chi connectivity index (χ0v) is 9.63. The highest BCUT2D eigenvalue weighted by Crippen LogP contribution is 2.43. The average molecular weight is 220 g/mol. The van der Waals surface area contributed by atoms with Gasteiger partial charge in [-0.15, -0.1) is 0 Å². The van der Waals surface area contributed by atoms with Crippen LogP contribution in [-0.2, 0) is 0 Å². The Kier molecular flexibility index (Phi) is 3.08. The van der Waals surface area contributed by atoms with Crippen molar-refractivity contribution in [1.29, 1.82) is 0 Å². The molecule has 0 spiro atoms. The lowest BCUT2D eigenvalue weighted by Gasteiger charge is -2.25. The van der Waals surface area contributed by atoms with Crippen molar-refractivity contribution in [2.75, 3.05) is 0 Å². The van der Waals surface area contributed by atoms with Crippen LogP contribution in [0.2, 0.25) is 0 Å². The molecule has 1 aliphatic rings. The van der Waals surface area contributed by atoms with Crippen molar-refractivity contribution in [2.24, 2.45) is 5.41 Å². The highest BCUT2D eigenvalue weighted by atomic mass is 19.1. The Morgan fingerprint density at radius 1 is 1.25 bits per heavy atom. The molecule has 1 aliphatic carbocycles. The summed E-state index contributed by atoms with van der Waals surface area (Å²) in [7, 11) is 0. The van der Waals surface area contributed by atoms with E-state index in [2.05, 4.69) is 6.92 Å². The van der Waals surface area contributed by atoms with Crippen molar-refractivity contribution < 1.29 is 9.18 Å². The summed E-state index contributed by atoms with van der Waals surface area (Å²) in [6, 6.07) is 5.94. The van der Waals surface area contributed by atoms with Crippen molar-refractivity contribution in [3.05, 3.63) is 35.6 Å². The fourth-order valence-electron chi connectivity index (χ4n) is 2.70. The Labute approximate surface area is 95.7 Å². The highest BCUT2D eigenvalue weighted by Gasteiger charge is 2.39. The van der Waals surface area contributed by atoms with E-state index < -0.39 is 0 Å². The van der Waals surface area contributed by atoms with E-state index in [0.717, 1.165) is 32.1 Å². The summed E-state index contributed by atoms with van der Waals surface area (Å²) in [5.74, 6) is -0.0824. The predicted molar refractivity (Wildman–Crippen MR) is 61.9 cm³/mol. The third kappa shape index (κ3) is 1.89. The molecule has 1 aromatic rings. The van der Waals surface area contributed by atoms with E-state index in [0.29, 0.717) is 5.56 Å². The normalized spacial score (nSPS) is 18.6. The number of carbonyl (C=O) groups is 1. The van der Waals surface area contributed by atoms with E-state index >= 15 is 0 Å². The van der Waals surface area contributed by atoms with Crippen LogP contribution >= 0.6 is 0 Å². The van der Waals surface area contributed by atoms with Crippen LogP contribution in [0.5, 0.6) is 0 Å². The molecule has 0 bridgehead atoms. The number of halogens is 1. The monoisotopic (exact) mass is 220 g/mol. The SMILES string of the molecule is CCC1(C(=O)c2ccc(F)cc2)CCCC1. The fourth-order valence-corrected chi connectivity index (χ4v) is 2.70. The lowest BCUT2D eigenvalue weighted by atomic mass is 9.76. The van der Waals surface area contributed by atoms with Crippen LogP contribution in [0.15, 0.2) is 24.3 Å². The Balaban J connectivity index is 2.26. The molecule has 16 heavy (non-hydrogen) atoms. The average Bonchev–Trinajstić information content (AvgIpc) is 2.79. The smallest absolute Gasteiger partial charge is 0.168 e. The number of rotatable bonds is 3. The predicted octanol–water partition coefficient (Wildman–Crippen LogP) is 3.98. The highest BCUT2D eigenvalue weighted by molar-refractivity contribution is 6.00. The van der Waals surface area contributed by atoms with E-state index in [1.807, 2.05) is 0 Å². The second-order valence-electron chi connectivity index (χ2n) is 4.68. The maximum absolute atomic E-state index is 12.8. The van der Waals surface area contributed by atoms with Gasteiger partial charge in [0.15, 0.2) is 5.78 Å². The molecular weight excluding hydrogens is 203 g/mol. The van der Waals surface area contributed by atoms with Gasteiger partial charge in [0.25, 0.3) is 0 Å². The van der Waals surface area contributed by atoms with Gasteiger partial charge in [-0.25, -0.2) is 4.39 Å². The van der Waals surface area contributed by atoms with Gasteiger partial charge >= 0.3 is 0 Å². The van der Waals surface area contributed by atoms with Gasteiger partial charge in [0.1, 0.15) is 5.82 Å². The number of carbonyl (C=O) groups excluding carboxylic acids is 1. The van der Waals surface area contributed by atoms with Gasteiger partial charge in [-0.05, 0) is 43.5 Å². The number of ketones is 1. The maximum atomic E-state index is 12.8. The molecule has 1 aromatic carbocycles. The molecule has 0 heterocycles. The first kappa shape index (κ1) is 11.3. The number of hydrogen-bond donors (Lipinski definition) is 0. The Bertz CT molecular complexity index is 374. The number of hydrogen-bond acceptors (Lipinski definition) is 1. The minimum Gasteiger partial charge on any atom is -0.294 e. The third-order valence-electron chi connectivity index (χ3n) is 3.83. The van der Waals surface area contributed by atoms with Crippen molar-refractivity contribution in [1.82, 2.24) is 0 Å². The molecule has 1 nitrogen and oxygen atoms in total. The molecule has 0 unspecified atom stereocenters. The summed E-state index contributed by atoms with van der Waals surface area (Å²) < 4.78 is 12.8. The van der Waals surface area contributed by atoms with Gasteiger partial charge in [0.2, 0.25) is 0 Å². The molecule has 0 aromatic heterocycles. The van der Waals surface area contributed by atoms with E-state index in [9.17, 15) is 9.18 Å². The standard InChI is InChI=1S/C14H17FO/c1-2-14(9-3-4-10-14)13(16)11-5-7-12(15)8-6-11/h5-8H,2-4,9-10H2,1H3. The molecule has 0 radical (unpaired) electrons. The summed E-state index contributed by atoms with van der Waals surface area (Å²) in [4.78, 5) is 12.4. The summed E-state index contributed by atoms with van der Waals surface area (Å²) in [5.41, 5.74) is 0.489. The lowest BCUT2D eigenvalue weighted by Crippen LogP contribution is -2.27. The van der Waals surface area contributed by atoms with Gasteiger partial charge in [-0.3, -0.25) is 4.79 Å². The second-order valence-corrected chi connectivity index (χ2v) is 4.68. The minimum atomic E-state index is -0.284. The molecule has 0 saturated heterocycles. The summed E-state index contributed by atoms with van der Waals surface area (Å²) in [6.45, 7) is 2.08. The zero-order valence-electron chi connectivity index (χ0n) is 9.63. The van der Waals surface area contributed by atoms with Crippen molar-refractivity contribution >= 4 is 5.78 Å². The molecule has 2 rings (SSSR count). The van der Waals surface area contributed by atoms with Crippen molar-refractivity contribution in [3.8, 4) is 0 Å². The van der Waals surface area contributed by atoms with Gasteiger partial charge in [0.05, 0.1) is 0 Å². The molecule has 0 aliphatic heterocycles. The van der Waals surface area contributed by atoms with Crippen molar-refractivity contribution in [2.45, 2.75) is 39.0 Å². The van der Waals surface area contributed by atoms with Gasteiger partial charge < -0.3 is 0 Å². The molecule has 0 amide bonds. The zero-order chi connectivity index (χ0) is 11.6. The van der Waals surface area contributed by atoms with E-state index in [1.54, 1.807) is 12.1 Å². The Hall–Kier alpha value is -1.18. The quantitative estimate of drug-likeness (QED) is 0.704. The molecule has 2 heteroatoms. The van der Waals surface area contributed by atoms with Crippen LogP contribution < -0.4 is 0 Å². The largest absolute Gasteiger partial charge is 0.294 e. The molecule has 1 fully saturated rings. The van der Waals surface area contributed by atoms with E-state index in [1.165, 1.54) is 12.1 Å². The molecule has 86 valence electrons. The number of Topliss-reactive ketones (excluding diaryl/α,β-unsaturated/α-hetero) is 1. The number of benzene rings is 1. The van der Waals surface area contributed by atoms with Gasteiger partial charge in [-0.2, -0.15) is 0 Å². The molecular formula is C14H17FO. The summed E-state index contributed by atoms with van der Waals surface area (Å²) in [6.07, 6.45) is 5.14. The fraction of sp³-hybridized carbons (Fsp3) is 0.500. The minimum absolute atomic E-state index is 0.169. The van der Waals surface area contributed by atoms with E-state index in [4.69, 9.17) is 0 Å². The van der Waals surface area contributed by atoms with E-state index in [-0.39, 0.29) is 17.0 Å². The first-order chi connectivity index (χ1) is 7.68. The summed E-state index contributed by atoms with van der Waals surface area (Å²) >= 11 is 0. The van der Waals surface area contributed by atoms with Gasteiger partial charge in [0, 0.05) is 11.0 Å².